The molecule has 142 valence electrons. The van der Waals surface area contributed by atoms with Gasteiger partial charge in [-0.2, -0.15) is 0 Å². The quantitative estimate of drug-likeness (QED) is 0.702. The fourth-order valence-electron chi connectivity index (χ4n) is 3.45. The molecule has 0 saturated heterocycles. The number of rotatable bonds is 3. The summed E-state index contributed by atoms with van der Waals surface area (Å²) in [7, 11) is 0. The number of aryl methyl sites for hydroxylation is 2. The van der Waals surface area contributed by atoms with Gasteiger partial charge < -0.3 is 10.2 Å². The van der Waals surface area contributed by atoms with E-state index in [9.17, 15) is 4.79 Å². The lowest BCUT2D eigenvalue weighted by Crippen LogP contribution is -2.36. The summed E-state index contributed by atoms with van der Waals surface area (Å²) in [4.78, 5) is 23.8. The maximum absolute atomic E-state index is 13.1. The molecule has 2 aromatic carbocycles. The zero-order valence-corrected chi connectivity index (χ0v) is 16.6. The van der Waals surface area contributed by atoms with Crippen LogP contribution in [0, 0.1) is 13.8 Å². The standard InChI is InChI=1S/C22H21ClN4O/c1-14-11-18(23)7-8-19(14)25-22-24-15(2)12-20(26-22)21(28)27-10-9-16-5-3-4-6-17(16)13-27/h3-8,11-12H,9-10,13H2,1-2H3,(H,24,25,26). The summed E-state index contributed by atoms with van der Waals surface area (Å²) < 4.78 is 0. The average molecular weight is 393 g/mol. The molecule has 6 heteroatoms. The summed E-state index contributed by atoms with van der Waals surface area (Å²) in [6.45, 7) is 5.13. The number of benzene rings is 2. The predicted molar refractivity (Wildman–Crippen MR) is 111 cm³/mol. The van der Waals surface area contributed by atoms with Crippen molar-refractivity contribution in [1.29, 1.82) is 0 Å². The number of carbonyl (C=O) groups excluding carboxylic acids is 1. The molecule has 4 rings (SSSR count). The molecule has 5 nitrogen and oxygen atoms in total. The Labute approximate surface area is 169 Å². The van der Waals surface area contributed by atoms with Crippen molar-refractivity contribution in [3.05, 3.63) is 81.6 Å². The highest BCUT2D eigenvalue weighted by Gasteiger charge is 2.23. The Balaban J connectivity index is 1.57. The summed E-state index contributed by atoms with van der Waals surface area (Å²) in [6, 6.07) is 15.6. The third kappa shape index (κ3) is 3.85. The van der Waals surface area contributed by atoms with E-state index in [4.69, 9.17) is 11.6 Å². The van der Waals surface area contributed by atoms with Crippen LogP contribution in [0.3, 0.4) is 0 Å². The Kier molecular flexibility index (Phi) is 5.01. The molecule has 1 aliphatic heterocycles. The first-order valence-corrected chi connectivity index (χ1v) is 9.62. The number of anilines is 2. The molecule has 0 aliphatic carbocycles. The van der Waals surface area contributed by atoms with Crippen molar-refractivity contribution in [2.24, 2.45) is 0 Å². The number of carbonyl (C=O) groups is 1. The van der Waals surface area contributed by atoms with Crippen LogP contribution in [0.2, 0.25) is 5.02 Å². The third-order valence-electron chi connectivity index (χ3n) is 4.93. The van der Waals surface area contributed by atoms with Crippen LogP contribution in [0.4, 0.5) is 11.6 Å². The monoisotopic (exact) mass is 392 g/mol. The number of aromatic nitrogens is 2. The van der Waals surface area contributed by atoms with E-state index in [0.717, 1.165) is 23.4 Å². The van der Waals surface area contributed by atoms with E-state index >= 15 is 0 Å². The van der Waals surface area contributed by atoms with E-state index in [0.29, 0.717) is 29.8 Å². The van der Waals surface area contributed by atoms with Gasteiger partial charge in [-0.1, -0.05) is 35.9 Å². The summed E-state index contributed by atoms with van der Waals surface area (Å²) in [5.41, 5.74) is 5.50. The second-order valence-corrected chi connectivity index (χ2v) is 7.48. The first-order chi connectivity index (χ1) is 13.5. The molecule has 3 aromatic rings. The Morgan fingerprint density at radius 2 is 1.86 bits per heavy atom. The number of nitrogens with zero attached hydrogens (tertiary/aromatic N) is 3. The van der Waals surface area contributed by atoms with Gasteiger partial charge in [0.2, 0.25) is 5.95 Å². The fourth-order valence-corrected chi connectivity index (χ4v) is 3.68. The minimum atomic E-state index is -0.0733. The van der Waals surface area contributed by atoms with Crippen molar-refractivity contribution < 1.29 is 4.79 Å². The Bertz CT molecular complexity index is 1050. The summed E-state index contributed by atoms with van der Waals surface area (Å²) in [5.74, 6) is 0.335. The lowest BCUT2D eigenvalue weighted by molar-refractivity contribution is 0.0728. The molecule has 0 saturated carbocycles. The van der Waals surface area contributed by atoms with Crippen molar-refractivity contribution >= 4 is 29.1 Å². The lowest BCUT2D eigenvalue weighted by atomic mass is 10.00. The van der Waals surface area contributed by atoms with Crippen LogP contribution in [-0.4, -0.2) is 27.3 Å². The zero-order chi connectivity index (χ0) is 19.7. The molecular formula is C22H21ClN4O. The maximum Gasteiger partial charge on any atom is 0.272 e. The lowest BCUT2D eigenvalue weighted by Gasteiger charge is -2.28. The van der Waals surface area contributed by atoms with Gasteiger partial charge in [-0.3, -0.25) is 4.79 Å². The highest BCUT2D eigenvalue weighted by molar-refractivity contribution is 6.30. The van der Waals surface area contributed by atoms with E-state index < -0.39 is 0 Å². The number of halogens is 1. The molecule has 0 radical (unpaired) electrons. The van der Waals surface area contributed by atoms with E-state index in [1.165, 1.54) is 11.1 Å². The van der Waals surface area contributed by atoms with Crippen molar-refractivity contribution in [3.8, 4) is 0 Å². The number of hydrogen-bond donors (Lipinski definition) is 1. The minimum Gasteiger partial charge on any atom is -0.333 e. The first kappa shape index (κ1) is 18.4. The maximum atomic E-state index is 13.1. The molecule has 0 fully saturated rings. The van der Waals surface area contributed by atoms with Crippen molar-refractivity contribution in [3.63, 3.8) is 0 Å². The van der Waals surface area contributed by atoms with Gasteiger partial charge in [0.05, 0.1) is 0 Å². The van der Waals surface area contributed by atoms with Crippen molar-refractivity contribution in [2.75, 3.05) is 11.9 Å². The van der Waals surface area contributed by atoms with E-state index in [1.807, 2.05) is 49.1 Å². The van der Waals surface area contributed by atoms with Crippen LogP contribution in [-0.2, 0) is 13.0 Å². The van der Waals surface area contributed by atoms with Gasteiger partial charge in [0, 0.05) is 29.5 Å². The summed E-state index contributed by atoms with van der Waals surface area (Å²) in [6.07, 6.45) is 0.862. The van der Waals surface area contributed by atoms with Crippen LogP contribution < -0.4 is 5.32 Å². The van der Waals surface area contributed by atoms with Crippen molar-refractivity contribution in [1.82, 2.24) is 14.9 Å². The third-order valence-corrected chi connectivity index (χ3v) is 5.16. The molecule has 28 heavy (non-hydrogen) atoms. The molecular weight excluding hydrogens is 372 g/mol. The molecule has 0 unspecified atom stereocenters. The molecule has 1 aliphatic rings. The number of hydrogen-bond acceptors (Lipinski definition) is 4. The molecule has 1 amide bonds. The van der Waals surface area contributed by atoms with Gasteiger partial charge in [-0.25, -0.2) is 9.97 Å². The predicted octanol–water partition coefficient (Wildman–Crippen LogP) is 4.69. The van der Waals surface area contributed by atoms with Crippen LogP contribution >= 0.6 is 11.6 Å². The second-order valence-electron chi connectivity index (χ2n) is 7.05. The molecule has 1 aromatic heterocycles. The Morgan fingerprint density at radius 3 is 2.64 bits per heavy atom. The number of amides is 1. The fraction of sp³-hybridized carbons (Fsp3) is 0.227. The highest BCUT2D eigenvalue weighted by atomic mass is 35.5. The molecule has 0 bridgehead atoms. The Hall–Kier alpha value is -2.92. The van der Waals surface area contributed by atoms with E-state index in [-0.39, 0.29) is 5.91 Å². The van der Waals surface area contributed by atoms with Gasteiger partial charge >= 0.3 is 0 Å². The van der Waals surface area contributed by atoms with Crippen LogP contribution in [0.1, 0.15) is 32.9 Å². The number of nitrogens with one attached hydrogen (secondary N) is 1. The van der Waals surface area contributed by atoms with Gasteiger partial charge in [0.25, 0.3) is 5.91 Å². The topological polar surface area (TPSA) is 58.1 Å². The average Bonchev–Trinajstić information content (AvgIpc) is 2.69. The van der Waals surface area contributed by atoms with Crippen LogP contribution in [0.25, 0.3) is 0 Å². The normalized spacial score (nSPS) is 13.2. The van der Waals surface area contributed by atoms with E-state index in [2.05, 4.69) is 27.4 Å². The molecule has 0 spiro atoms. The minimum absolute atomic E-state index is 0.0733. The SMILES string of the molecule is Cc1cc(C(=O)N2CCc3ccccc3C2)nc(Nc2ccc(Cl)cc2C)n1. The van der Waals surface area contributed by atoms with E-state index in [1.54, 1.807) is 6.07 Å². The number of fused-ring (bicyclic) bond motifs is 1. The highest BCUT2D eigenvalue weighted by Crippen LogP contribution is 2.23. The van der Waals surface area contributed by atoms with Crippen LogP contribution in [0.15, 0.2) is 48.5 Å². The van der Waals surface area contributed by atoms with Crippen molar-refractivity contribution in [2.45, 2.75) is 26.8 Å². The van der Waals surface area contributed by atoms with Crippen LogP contribution in [0.5, 0.6) is 0 Å². The van der Waals surface area contributed by atoms with Gasteiger partial charge in [0.15, 0.2) is 0 Å². The molecule has 2 heterocycles. The zero-order valence-electron chi connectivity index (χ0n) is 15.9. The van der Waals surface area contributed by atoms with Gasteiger partial charge in [0.1, 0.15) is 5.69 Å². The first-order valence-electron chi connectivity index (χ1n) is 9.24. The largest absolute Gasteiger partial charge is 0.333 e. The smallest absolute Gasteiger partial charge is 0.272 e. The van der Waals surface area contributed by atoms with Gasteiger partial charge in [-0.15, -0.1) is 0 Å². The molecule has 1 N–H and O–H groups in total. The van der Waals surface area contributed by atoms with Gasteiger partial charge in [-0.05, 0) is 61.2 Å². The second kappa shape index (κ2) is 7.60. The summed E-state index contributed by atoms with van der Waals surface area (Å²) in [5, 5.41) is 3.88. The summed E-state index contributed by atoms with van der Waals surface area (Å²) >= 11 is 6.02. The molecule has 0 atom stereocenters. The Morgan fingerprint density at radius 1 is 1.07 bits per heavy atom.